The van der Waals surface area contributed by atoms with Gasteiger partial charge in [-0.2, -0.15) is 0 Å². The Morgan fingerprint density at radius 3 is 1.66 bits per heavy atom. The molecular formula is C41H27N3. The molecule has 0 saturated carbocycles. The first-order valence-corrected chi connectivity index (χ1v) is 15.0. The van der Waals surface area contributed by atoms with Crippen LogP contribution in [0.2, 0.25) is 0 Å². The third-order valence-electron chi connectivity index (χ3n) is 8.76. The highest BCUT2D eigenvalue weighted by atomic mass is 15.0. The van der Waals surface area contributed by atoms with E-state index in [1.54, 1.807) is 0 Å². The quantitative estimate of drug-likeness (QED) is 0.228. The number of hydrogen-bond donors (Lipinski definition) is 1. The first-order chi connectivity index (χ1) is 21.8. The van der Waals surface area contributed by atoms with Gasteiger partial charge in [0.25, 0.3) is 0 Å². The van der Waals surface area contributed by atoms with E-state index < -0.39 is 0 Å². The second-order valence-corrected chi connectivity index (χ2v) is 11.4. The van der Waals surface area contributed by atoms with Gasteiger partial charge in [-0.3, -0.25) is 4.98 Å². The molecular weight excluding hydrogens is 534 g/mol. The SMILES string of the molecule is c1cc(-c2cccc(-c3cc4c(cn3)[nH]c3ccccc34)c2)cc(-c2cccc(-n3c4ccccc4c4ccccc43)c2)c1. The maximum Gasteiger partial charge on any atom is 0.0710 e. The summed E-state index contributed by atoms with van der Waals surface area (Å²) in [6.45, 7) is 0. The summed E-state index contributed by atoms with van der Waals surface area (Å²) in [7, 11) is 0. The molecule has 0 aliphatic rings. The highest BCUT2D eigenvalue weighted by Gasteiger charge is 2.13. The fraction of sp³-hybridized carbons (Fsp3) is 0. The number of fused-ring (bicyclic) bond motifs is 6. The monoisotopic (exact) mass is 561 g/mol. The van der Waals surface area contributed by atoms with Crippen molar-refractivity contribution < 1.29 is 0 Å². The van der Waals surface area contributed by atoms with E-state index in [4.69, 9.17) is 4.98 Å². The van der Waals surface area contributed by atoms with Crippen molar-refractivity contribution in [3.05, 3.63) is 158 Å². The molecule has 3 heterocycles. The van der Waals surface area contributed by atoms with E-state index in [-0.39, 0.29) is 0 Å². The van der Waals surface area contributed by atoms with Crippen LogP contribution in [0.3, 0.4) is 0 Å². The van der Waals surface area contributed by atoms with Crippen molar-refractivity contribution >= 4 is 43.6 Å². The van der Waals surface area contributed by atoms with Crippen LogP contribution in [-0.2, 0) is 0 Å². The number of benzene rings is 6. The lowest BCUT2D eigenvalue weighted by Crippen LogP contribution is -1.94. The molecule has 0 atom stereocenters. The smallest absolute Gasteiger partial charge is 0.0710 e. The normalized spacial score (nSPS) is 11.6. The first kappa shape index (κ1) is 24.6. The minimum Gasteiger partial charge on any atom is -0.353 e. The van der Waals surface area contributed by atoms with Crippen LogP contribution in [0.15, 0.2) is 158 Å². The number of rotatable bonds is 4. The Hall–Kier alpha value is -5.93. The van der Waals surface area contributed by atoms with Gasteiger partial charge in [0.1, 0.15) is 0 Å². The first-order valence-electron chi connectivity index (χ1n) is 15.0. The van der Waals surface area contributed by atoms with Crippen LogP contribution in [0.4, 0.5) is 0 Å². The van der Waals surface area contributed by atoms with Crippen LogP contribution in [0.1, 0.15) is 0 Å². The van der Waals surface area contributed by atoms with E-state index in [0.717, 1.165) is 28.0 Å². The molecule has 9 aromatic rings. The summed E-state index contributed by atoms with van der Waals surface area (Å²) in [5.74, 6) is 0. The molecule has 1 N–H and O–H groups in total. The van der Waals surface area contributed by atoms with Gasteiger partial charge in [-0.25, -0.2) is 0 Å². The molecule has 0 aliphatic heterocycles. The lowest BCUT2D eigenvalue weighted by Gasteiger charge is -2.12. The van der Waals surface area contributed by atoms with Crippen LogP contribution < -0.4 is 0 Å². The van der Waals surface area contributed by atoms with E-state index in [0.29, 0.717) is 0 Å². The van der Waals surface area contributed by atoms with Crippen molar-refractivity contribution in [1.82, 2.24) is 14.5 Å². The Bertz CT molecular complexity index is 2460. The topological polar surface area (TPSA) is 33.6 Å². The molecule has 0 aliphatic carbocycles. The minimum atomic E-state index is 0.971. The molecule has 3 heteroatoms. The lowest BCUT2D eigenvalue weighted by molar-refractivity contribution is 1.18. The van der Waals surface area contributed by atoms with Gasteiger partial charge in [0.2, 0.25) is 0 Å². The maximum absolute atomic E-state index is 4.82. The van der Waals surface area contributed by atoms with Crippen molar-refractivity contribution in [2.45, 2.75) is 0 Å². The molecule has 44 heavy (non-hydrogen) atoms. The zero-order valence-corrected chi connectivity index (χ0v) is 23.9. The second kappa shape index (κ2) is 9.82. The van der Waals surface area contributed by atoms with Crippen molar-refractivity contribution in [2.24, 2.45) is 0 Å². The third-order valence-corrected chi connectivity index (χ3v) is 8.76. The Morgan fingerprint density at radius 1 is 0.409 bits per heavy atom. The van der Waals surface area contributed by atoms with Crippen molar-refractivity contribution in [3.63, 3.8) is 0 Å². The average molecular weight is 562 g/mol. The second-order valence-electron chi connectivity index (χ2n) is 11.4. The van der Waals surface area contributed by atoms with Gasteiger partial charge in [0.15, 0.2) is 0 Å². The summed E-state index contributed by atoms with van der Waals surface area (Å²) < 4.78 is 2.37. The van der Waals surface area contributed by atoms with Crippen LogP contribution in [0.5, 0.6) is 0 Å². The number of nitrogens with one attached hydrogen (secondary N) is 1. The Morgan fingerprint density at radius 2 is 0.955 bits per heavy atom. The van der Waals surface area contributed by atoms with Gasteiger partial charge >= 0.3 is 0 Å². The molecule has 0 saturated heterocycles. The Balaban J connectivity index is 1.11. The highest BCUT2D eigenvalue weighted by Crippen LogP contribution is 2.35. The van der Waals surface area contributed by atoms with E-state index >= 15 is 0 Å². The maximum atomic E-state index is 4.82. The number of hydrogen-bond acceptors (Lipinski definition) is 1. The summed E-state index contributed by atoms with van der Waals surface area (Å²) in [6, 6.07) is 54.3. The van der Waals surface area contributed by atoms with Crippen molar-refractivity contribution in [1.29, 1.82) is 0 Å². The zero-order valence-electron chi connectivity index (χ0n) is 23.9. The van der Waals surface area contributed by atoms with Gasteiger partial charge in [-0.1, -0.05) is 103 Å². The molecule has 0 amide bonds. The lowest BCUT2D eigenvalue weighted by atomic mass is 9.97. The van der Waals surface area contributed by atoms with Gasteiger partial charge in [0.05, 0.1) is 28.4 Å². The fourth-order valence-electron chi connectivity index (χ4n) is 6.67. The number of H-pyrrole nitrogens is 1. The predicted octanol–water partition coefficient (Wildman–Crippen LogP) is 10.8. The van der Waals surface area contributed by atoms with Crippen LogP contribution in [0.25, 0.3) is 82.8 Å². The van der Waals surface area contributed by atoms with E-state index in [9.17, 15) is 0 Å². The molecule has 3 aromatic heterocycles. The van der Waals surface area contributed by atoms with Gasteiger partial charge < -0.3 is 9.55 Å². The molecule has 3 nitrogen and oxygen atoms in total. The Labute approximate surface area is 254 Å². The minimum absolute atomic E-state index is 0.971. The highest BCUT2D eigenvalue weighted by molar-refractivity contribution is 6.09. The van der Waals surface area contributed by atoms with E-state index in [2.05, 4.69) is 161 Å². The Kier molecular flexibility index (Phi) is 5.50. The third kappa shape index (κ3) is 3.94. The van der Waals surface area contributed by atoms with E-state index in [1.165, 1.54) is 54.8 Å². The van der Waals surface area contributed by atoms with Crippen LogP contribution in [-0.4, -0.2) is 14.5 Å². The standard InChI is InChI=1S/C41H27N3/c1-4-19-37-33(16-1)36-25-38(42-26-39(36)43-37)31-14-8-12-29(23-31)27-10-7-11-28(22-27)30-13-9-15-32(24-30)44-40-20-5-2-17-34(40)35-18-3-6-21-41(35)44/h1-26,43H. The summed E-state index contributed by atoms with van der Waals surface area (Å²) in [5, 5.41) is 4.96. The molecule has 0 bridgehead atoms. The number of nitrogens with zero attached hydrogens (tertiary/aromatic N) is 2. The van der Waals surface area contributed by atoms with Crippen molar-refractivity contribution in [2.75, 3.05) is 0 Å². The number of pyridine rings is 1. The molecule has 206 valence electrons. The zero-order chi connectivity index (χ0) is 29.0. The molecule has 6 aromatic carbocycles. The van der Waals surface area contributed by atoms with Gasteiger partial charge in [-0.05, 0) is 70.8 Å². The molecule has 0 fully saturated rings. The van der Waals surface area contributed by atoms with Gasteiger partial charge in [0, 0.05) is 38.3 Å². The van der Waals surface area contributed by atoms with Gasteiger partial charge in [-0.15, -0.1) is 0 Å². The van der Waals surface area contributed by atoms with Crippen LogP contribution in [0, 0.1) is 0 Å². The summed E-state index contributed by atoms with van der Waals surface area (Å²) in [5.41, 5.74) is 12.6. The average Bonchev–Trinajstić information content (AvgIpc) is 3.64. The van der Waals surface area contributed by atoms with Crippen molar-refractivity contribution in [3.8, 4) is 39.2 Å². The summed E-state index contributed by atoms with van der Waals surface area (Å²) in [4.78, 5) is 8.30. The summed E-state index contributed by atoms with van der Waals surface area (Å²) >= 11 is 0. The fourth-order valence-corrected chi connectivity index (χ4v) is 6.67. The largest absolute Gasteiger partial charge is 0.353 e. The predicted molar refractivity (Wildman–Crippen MR) is 184 cm³/mol. The summed E-state index contributed by atoms with van der Waals surface area (Å²) in [6.07, 6.45) is 1.95. The number of para-hydroxylation sites is 3. The molecule has 0 spiro atoms. The van der Waals surface area contributed by atoms with Crippen LogP contribution >= 0.6 is 0 Å². The molecule has 0 radical (unpaired) electrons. The number of aromatic amines is 1. The molecule has 9 rings (SSSR count). The van der Waals surface area contributed by atoms with E-state index in [1.807, 2.05) is 6.20 Å². The number of aromatic nitrogens is 3. The molecule has 0 unspecified atom stereocenters.